The summed E-state index contributed by atoms with van der Waals surface area (Å²) in [4.78, 5) is 19.3. The fourth-order valence-electron chi connectivity index (χ4n) is 2.34. The third-order valence-corrected chi connectivity index (χ3v) is 5.19. The van der Waals surface area contributed by atoms with Gasteiger partial charge in [0, 0.05) is 17.6 Å². The Bertz CT molecular complexity index is 784. The maximum atomic E-state index is 12.6. The topological polar surface area (TPSA) is 51.1 Å². The number of aliphatic imine (C=N–C) groups is 1. The van der Waals surface area contributed by atoms with E-state index in [-0.39, 0.29) is 12.5 Å². The van der Waals surface area contributed by atoms with Crippen LogP contribution in [0, 0.1) is 12.3 Å². The van der Waals surface area contributed by atoms with E-state index >= 15 is 0 Å². The van der Waals surface area contributed by atoms with Crippen LogP contribution in [0.15, 0.2) is 26.5 Å². The van der Waals surface area contributed by atoms with E-state index in [2.05, 4.69) is 26.8 Å². The number of likely N-dealkylation sites (N-methyl/N-ethyl adjacent to an activating group) is 1. The fourth-order valence-corrected chi connectivity index (χ4v) is 3.88. The van der Waals surface area contributed by atoms with Gasteiger partial charge in [0.25, 0.3) is 5.91 Å². The smallest absolute Gasteiger partial charge is 0.266 e. The Kier molecular flexibility index (Phi) is 7.61. The van der Waals surface area contributed by atoms with Gasteiger partial charge in [-0.05, 0) is 56.3 Å². The van der Waals surface area contributed by atoms with E-state index in [9.17, 15) is 4.79 Å². The second-order valence-corrected chi connectivity index (χ2v) is 7.03. The molecular formula is C19H21BrN2O3S. The first-order chi connectivity index (χ1) is 12.5. The van der Waals surface area contributed by atoms with Gasteiger partial charge in [-0.3, -0.25) is 14.7 Å². The summed E-state index contributed by atoms with van der Waals surface area (Å²) in [6.07, 6.45) is 7.10. The minimum Gasteiger partial charge on any atom is -0.490 e. The lowest BCUT2D eigenvalue weighted by Crippen LogP contribution is -2.28. The number of terminal acetylenes is 1. The molecule has 0 saturated carbocycles. The second kappa shape index (κ2) is 9.70. The highest BCUT2D eigenvalue weighted by atomic mass is 79.9. The number of benzene rings is 1. The number of carbonyl (C=O) groups is 1. The van der Waals surface area contributed by atoms with Gasteiger partial charge in [0.15, 0.2) is 16.7 Å². The van der Waals surface area contributed by atoms with Gasteiger partial charge < -0.3 is 9.47 Å². The van der Waals surface area contributed by atoms with Crippen molar-refractivity contribution < 1.29 is 14.3 Å². The Balaban J connectivity index is 2.40. The van der Waals surface area contributed by atoms with Crippen LogP contribution >= 0.6 is 27.7 Å². The molecule has 0 spiro atoms. The Labute approximate surface area is 167 Å². The number of ether oxygens (including phenoxy) is 2. The maximum Gasteiger partial charge on any atom is 0.266 e. The minimum atomic E-state index is -0.0396. The molecule has 26 heavy (non-hydrogen) atoms. The van der Waals surface area contributed by atoms with Crippen LogP contribution in [0.1, 0.15) is 26.3 Å². The quantitative estimate of drug-likeness (QED) is 0.475. The number of hydrogen-bond acceptors (Lipinski definition) is 5. The molecule has 1 heterocycles. The predicted octanol–water partition coefficient (Wildman–Crippen LogP) is 4.17. The second-order valence-electron chi connectivity index (χ2n) is 5.16. The third kappa shape index (κ3) is 4.63. The summed E-state index contributed by atoms with van der Waals surface area (Å²) in [7, 11) is 0. The number of amidine groups is 1. The Morgan fingerprint density at radius 2 is 2.04 bits per heavy atom. The Morgan fingerprint density at radius 3 is 2.65 bits per heavy atom. The first-order valence-corrected chi connectivity index (χ1v) is 9.95. The number of amides is 1. The molecule has 1 aliphatic heterocycles. The standard InChI is InChI=1S/C19H21BrN2O3S/c1-5-9-25-16-12-14(20)13(10-15(16)24-8-4)11-17-18(23)22(7-3)19(26-17)21-6-2/h1,10-12H,6-9H2,2-4H3/b17-11-,21-19?. The zero-order valence-electron chi connectivity index (χ0n) is 15.0. The molecule has 138 valence electrons. The highest BCUT2D eigenvalue weighted by Crippen LogP contribution is 2.38. The van der Waals surface area contributed by atoms with E-state index in [1.165, 1.54) is 11.8 Å². The van der Waals surface area contributed by atoms with Gasteiger partial charge in [-0.2, -0.15) is 0 Å². The number of thioether (sulfide) groups is 1. The van der Waals surface area contributed by atoms with E-state index in [1.54, 1.807) is 11.0 Å². The molecule has 2 rings (SSSR count). The number of hydrogen-bond donors (Lipinski definition) is 0. The van der Waals surface area contributed by atoms with Crippen molar-refractivity contribution in [2.75, 3.05) is 26.3 Å². The van der Waals surface area contributed by atoms with Crippen LogP contribution in [0.5, 0.6) is 11.5 Å². The normalized spacial score (nSPS) is 17.0. The summed E-state index contributed by atoms with van der Waals surface area (Å²) in [5, 5.41) is 0.737. The first-order valence-electron chi connectivity index (χ1n) is 8.34. The molecule has 0 radical (unpaired) electrons. The minimum absolute atomic E-state index is 0.0396. The van der Waals surface area contributed by atoms with Crippen molar-refractivity contribution in [3.05, 3.63) is 27.1 Å². The van der Waals surface area contributed by atoms with E-state index in [0.29, 0.717) is 36.1 Å². The molecule has 0 unspecified atom stereocenters. The van der Waals surface area contributed by atoms with Gasteiger partial charge in [-0.25, -0.2) is 0 Å². The van der Waals surface area contributed by atoms with Gasteiger partial charge in [0.1, 0.15) is 6.61 Å². The summed E-state index contributed by atoms with van der Waals surface area (Å²) >= 11 is 4.92. The number of carbonyl (C=O) groups excluding carboxylic acids is 1. The molecule has 0 aromatic heterocycles. The average molecular weight is 437 g/mol. The largest absolute Gasteiger partial charge is 0.490 e. The average Bonchev–Trinajstić information content (AvgIpc) is 2.91. The lowest BCUT2D eigenvalue weighted by molar-refractivity contribution is -0.122. The Hall–Kier alpha value is -1.91. The third-order valence-electron chi connectivity index (χ3n) is 3.46. The predicted molar refractivity (Wildman–Crippen MR) is 111 cm³/mol. The van der Waals surface area contributed by atoms with Gasteiger partial charge in [0.05, 0.1) is 11.5 Å². The van der Waals surface area contributed by atoms with E-state index < -0.39 is 0 Å². The highest BCUT2D eigenvalue weighted by molar-refractivity contribution is 9.10. The molecule has 0 atom stereocenters. The summed E-state index contributed by atoms with van der Waals surface area (Å²) in [5.41, 5.74) is 0.825. The van der Waals surface area contributed by atoms with Crippen LogP contribution in [-0.2, 0) is 4.79 Å². The lowest BCUT2D eigenvalue weighted by atomic mass is 10.2. The number of nitrogens with zero attached hydrogens (tertiary/aromatic N) is 2. The molecule has 1 aromatic rings. The van der Waals surface area contributed by atoms with Gasteiger partial charge in [-0.1, -0.05) is 21.9 Å². The molecule has 0 bridgehead atoms. The monoisotopic (exact) mass is 436 g/mol. The van der Waals surface area contributed by atoms with Crippen LogP contribution in [0.3, 0.4) is 0 Å². The molecule has 1 aliphatic rings. The molecule has 1 saturated heterocycles. The highest BCUT2D eigenvalue weighted by Gasteiger charge is 2.32. The van der Waals surface area contributed by atoms with Crippen molar-refractivity contribution in [1.29, 1.82) is 0 Å². The first kappa shape index (κ1) is 20.4. The van der Waals surface area contributed by atoms with Crippen molar-refractivity contribution in [2.24, 2.45) is 4.99 Å². The maximum absolute atomic E-state index is 12.6. The molecule has 0 aliphatic carbocycles. The number of halogens is 1. The summed E-state index contributed by atoms with van der Waals surface area (Å²) in [5.74, 6) is 3.55. The van der Waals surface area contributed by atoms with Crippen LogP contribution in [0.25, 0.3) is 6.08 Å². The molecule has 1 amide bonds. The van der Waals surface area contributed by atoms with Gasteiger partial charge in [0.2, 0.25) is 0 Å². The summed E-state index contributed by atoms with van der Waals surface area (Å²) in [6, 6.07) is 3.64. The zero-order valence-corrected chi connectivity index (χ0v) is 17.4. The zero-order chi connectivity index (χ0) is 19.1. The molecule has 5 nitrogen and oxygen atoms in total. The Morgan fingerprint density at radius 1 is 1.31 bits per heavy atom. The molecule has 1 fully saturated rings. The van der Waals surface area contributed by atoms with Crippen LogP contribution in [0.2, 0.25) is 0 Å². The van der Waals surface area contributed by atoms with Crippen LogP contribution in [-0.4, -0.2) is 42.3 Å². The fraction of sp³-hybridized carbons (Fsp3) is 0.368. The van der Waals surface area contributed by atoms with Gasteiger partial charge in [-0.15, -0.1) is 6.42 Å². The molecular weight excluding hydrogens is 416 g/mol. The van der Waals surface area contributed by atoms with Crippen molar-refractivity contribution >= 4 is 44.8 Å². The van der Waals surface area contributed by atoms with E-state index in [1.807, 2.05) is 32.9 Å². The summed E-state index contributed by atoms with van der Waals surface area (Å²) in [6.45, 7) is 7.66. The molecule has 7 heteroatoms. The van der Waals surface area contributed by atoms with Crippen LogP contribution in [0.4, 0.5) is 0 Å². The van der Waals surface area contributed by atoms with Gasteiger partial charge >= 0.3 is 0 Å². The van der Waals surface area contributed by atoms with Crippen LogP contribution < -0.4 is 9.47 Å². The van der Waals surface area contributed by atoms with Crippen molar-refractivity contribution in [1.82, 2.24) is 4.90 Å². The van der Waals surface area contributed by atoms with Crippen molar-refractivity contribution in [3.8, 4) is 23.8 Å². The number of rotatable bonds is 7. The summed E-state index contributed by atoms with van der Waals surface area (Å²) < 4.78 is 12.0. The van der Waals surface area contributed by atoms with E-state index in [4.69, 9.17) is 15.9 Å². The van der Waals surface area contributed by atoms with Crippen molar-refractivity contribution in [3.63, 3.8) is 0 Å². The lowest BCUT2D eigenvalue weighted by Gasteiger charge is -2.13. The molecule has 0 N–H and O–H groups in total. The SMILES string of the molecule is C#CCOc1cc(Br)c(/C=C2\SC(=NCC)N(CC)C2=O)cc1OCC. The van der Waals surface area contributed by atoms with E-state index in [0.717, 1.165) is 15.2 Å². The van der Waals surface area contributed by atoms with Crippen molar-refractivity contribution in [2.45, 2.75) is 20.8 Å². The molecule has 1 aromatic carbocycles.